The second kappa shape index (κ2) is 6.57. The van der Waals surface area contributed by atoms with Crippen LogP contribution in [0.4, 0.5) is 5.69 Å². The predicted molar refractivity (Wildman–Crippen MR) is 81.3 cm³/mol. The van der Waals surface area contributed by atoms with E-state index in [0.717, 1.165) is 24.3 Å². The van der Waals surface area contributed by atoms with Gasteiger partial charge in [-0.05, 0) is 38.5 Å². The summed E-state index contributed by atoms with van der Waals surface area (Å²) in [5.41, 5.74) is 1.74. The van der Waals surface area contributed by atoms with E-state index in [1.165, 1.54) is 0 Å². The number of nitrogens with zero attached hydrogens (tertiary/aromatic N) is 1. The molecule has 1 aliphatic rings. The average molecular weight is 297 g/mol. The lowest BCUT2D eigenvalue weighted by molar-refractivity contribution is -0.121. The Morgan fingerprint density at radius 1 is 1.40 bits per heavy atom. The van der Waals surface area contributed by atoms with Gasteiger partial charge in [-0.1, -0.05) is 17.7 Å². The number of morpholine rings is 1. The molecular weight excluding hydrogens is 276 g/mol. The molecule has 0 radical (unpaired) electrons. The number of carbonyl (C=O) groups excluding carboxylic acids is 1. The Bertz CT molecular complexity index is 483. The first kappa shape index (κ1) is 15.3. The van der Waals surface area contributed by atoms with Gasteiger partial charge in [0.05, 0.1) is 18.8 Å². The number of rotatable bonds is 3. The molecule has 5 heteroatoms. The van der Waals surface area contributed by atoms with Crippen LogP contribution in [0.2, 0.25) is 5.02 Å². The maximum atomic E-state index is 12.1. The lowest BCUT2D eigenvalue weighted by Crippen LogP contribution is -2.48. The van der Waals surface area contributed by atoms with Gasteiger partial charge in [0, 0.05) is 23.8 Å². The second-order valence-electron chi connectivity index (χ2n) is 5.46. The molecule has 0 saturated carbocycles. The minimum absolute atomic E-state index is 0.0220. The van der Waals surface area contributed by atoms with E-state index in [1.54, 1.807) is 6.07 Å². The van der Waals surface area contributed by atoms with Gasteiger partial charge in [-0.3, -0.25) is 9.69 Å². The monoisotopic (exact) mass is 296 g/mol. The van der Waals surface area contributed by atoms with Crippen LogP contribution in [-0.4, -0.2) is 42.6 Å². The molecule has 1 saturated heterocycles. The van der Waals surface area contributed by atoms with Gasteiger partial charge >= 0.3 is 0 Å². The number of hydrogen-bond donors (Lipinski definition) is 1. The number of ether oxygens (including phenoxy) is 1. The summed E-state index contributed by atoms with van der Waals surface area (Å²) in [6, 6.07) is 5.54. The molecule has 2 atom stereocenters. The molecule has 4 nitrogen and oxygen atoms in total. The predicted octanol–water partition coefficient (Wildman–Crippen LogP) is 2.70. The number of carbonyl (C=O) groups is 1. The molecule has 1 amide bonds. The maximum Gasteiger partial charge on any atom is 0.238 e. The average Bonchev–Trinajstić information content (AvgIpc) is 2.32. The third kappa shape index (κ3) is 4.20. The van der Waals surface area contributed by atoms with Crippen molar-refractivity contribution >= 4 is 23.2 Å². The molecule has 0 aromatic heterocycles. The molecule has 1 aromatic rings. The van der Waals surface area contributed by atoms with Gasteiger partial charge in [0.15, 0.2) is 0 Å². The van der Waals surface area contributed by atoms with Crippen molar-refractivity contribution in [1.29, 1.82) is 0 Å². The number of aryl methyl sites for hydroxylation is 1. The SMILES string of the molecule is Cc1ccc(NC(=O)CN2C[C@@H](C)O[C@H](C)C2)cc1Cl. The van der Waals surface area contributed by atoms with Crippen LogP contribution >= 0.6 is 11.6 Å². The summed E-state index contributed by atoms with van der Waals surface area (Å²) < 4.78 is 5.65. The van der Waals surface area contributed by atoms with E-state index >= 15 is 0 Å². The normalized spacial score (nSPS) is 23.6. The first-order valence-electron chi connectivity index (χ1n) is 6.88. The van der Waals surface area contributed by atoms with Crippen LogP contribution in [-0.2, 0) is 9.53 Å². The zero-order chi connectivity index (χ0) is 14.7. The van der Waals surface area contributed by atoms with Crippen LogP contribution in [0, 0.1) is 6.92 Å². The zero-order valence-electron chi connectivity index (χ0n) is 12.1. The molecule has 0 aliphatic carbocycles. The third-order valence-electron chi connectivity index (χ3n) is 3.32. The molecule has 0 spiro atoms. The van der Waals surface area contributed by atoms with Crippen molar-refractivity contribution in [1.82, 2.24) is 4.90 Å². The summed E-state index contributed by atoms with van der Waals surface area (Å²) in [4.78, 5) is 14.2. The fourth-order valence-corrected chi connectivity index (χ4v) is 2.67. The highest BCUT2D eigenvalue weighted by molar-refractivity contribution is 6.31. The number of hydrogen-bond acceptors (Lipinski definition) is 3. The highest BCUT2D eigenvalue weighted by atomic mass is 35.5. The van der Waals surface area contributed by atoms with E-state index in [2.05, 4.69) is 10.2 Å². The molecule has 1 fully saturated rings. The molecule has 1 aromatic carbocycles. The smallest absolute Gasteiger partial charge is 0.238 e. The quantitative estimate of drug-likeness (QED) is 0.932. The third-order valence-corrected chi connectivity index (χ3v) is 3.73. The lowest BCUT2D eigenvalue weighted by atomic mass is 10.2. The largest absolute Gasteiger partial charge is 0.373 e. The van der Waals surface area contributed by atoms with E-state index in [0.29, 0.717) is 11.6 Å². The Hall–Kier alpha value is -1.10. The van der Waals surface area contributed by atoms with Crippen molar-refractivity contribution in [2.75, 3.05) is 25.0 Å². The Morgan fingerprint density at radius 3 is 2.65 bits per heavy atom. The van der Waals surface area contributed by atoms with Gasteiger partial charge in [0.25, 0.3) is 0 Å². The Kier molecular flexibility index (Phi) is 5.02. The molecule has 0 bridgehead atoms. The topological polar surface area (TPSA) is 41.6 Å². The number of halogens is 1. The minimum Gasteiger partial charge on any atom is -0.373 e. The Balaban J connectivity index is 1.90. The summed E-state index contributed by atoms with van der Waals surface area (Å²) in [5, 5.41) is 3.54. The summed E-state index contributed by atoms with van der Waals surface area (Å²) in [6.45, 7) is 7.94. The van der Waals surface area contributed by atoms with E-state index in [4.69, 9.17) is 16.3 Å². The van der Waals surface area contributed by atoms with Crippen molar-refractivity contribution < 1.29 is 9.53 Å². The summed E-state index contributed by atoms with van der Waals surface area (Å²) >= 11 is 6.05. The fraction of sp³-hybridized carbons (Fsp3) is 0.533. The van der Waals surface area contributed by atoms with Crippen molar-refractivity contribution in [3.05, 3.63) is 28.8 Å². The van der Waals surface area contributed by atoms with Crippen molar-refractivity contribution in [2.24, 2.45) is 0 Å². The molecular formula is C15H21ClN2O2. The highest BCUT2D eigenvalue weighted by Gasteiger charge is 2.23. The minimum atomic E-state index is -0.0220. The molecule has 110 valence electrons. The van der Waals surface area contributed by atoms with Crippen molar-refractivity contribution in [3.8, 4) is 0 Å². The number of nitrogens with one attached hydrogen (secondary N) is 1. The Morgan fingerprint density at radius 2 is 2.05 bits per heavy atom. The number of benzene rings is 1. The zero-order valence-corrected chi connectivity index (χ0v) is 12.9. The van der Waals surface area contributed by atoms with E-state index in [1.807, 2.05) is 32.9 Å². The fourth-order valence-electron chi connectivity index (χ4n) is 2.49. The summed E-state index contributed by atoms with van der Waals surface area (Å²) in [5.74, 6) is -0.0220. The van der Waals surface area contributed by atoms with Gasteiger partial charge in [-0.25, -0.2) is 0 Å². The van der Waals surface area contributed by atoms with Gasteiger partial charge in [0.1, 0.15) is 0 Å². The molecule has 0 unspecified atom stereocenters. The molecule has 2 rings (SSSR count). The van der Waals surface area contributed by atoms with Crippen molar-refractivity contribution in [2.45, 2.75) is 33.0 Å². The number of amides is 1. The lowest BCUT2D eigenvalue weighted by Gasteiger charge is -2.34. The first-order chi connectivity index (χ1) is 9.44. The van der Waals surface area contributed by atoms with Crippen LogP contribution in [0.1, 0.15) is 19.4 Å². The van der Waals surface area contributed by atoms with Gasteiger partial charge in [-0.2, -0.15) is 0 Å². The standard InChI is InChI=1S/C15H21ClN2O2/c1-10-4-5-13(6-14(10)16)17-15(19)9-18-7-11(2)20-12(3)8-18/h4-6,11-12H,7-9H2,1-3H3,(H,17,19)/t11-,12-/m1/s1. The van der Waals surface area contributed by atoms with Gasteiger partial charge < -0.3 is 10.1 Å². The molecule has 20 heavy (non-hydrogen) atoms. The Labute approximate surface area is 125 Å². The van der Waals surface area contributed by atoms with Gasteiger partial charge in [-0.15, -0.1) is 0 Å². The summed E-state index contributed by atoms with van der Waals surface area (Å²) in [7, 11) is 0. The second-order valence-corrected chi connectivity index (χ2v) is 5.87. The van der Waals surface area contributed by atoms with Crippen LogP contribution in [0.25, 0.3) is 0 Å². The molecule has 1 N–H and O–H groups in total. The van der Waals surface area contributed by atoms with E-state index < -0.39 is 0 Å². The van der Waals surface area contributed by atoms with Gasteiger partial charge in [0.2, 0.25) is 5.91 Å². The van der Waals surface area contributed by atoms with Crippen LogP contribution in [0.3, 0.4) is 0 Å². The van der Waals surface area contributed by atoms with Crippen LogP contribution < -0.4 is 5.32 Å². The van der Waals surface area contributed by atoms with E-state index in [-0.39, 0.29) is 18.1 Å². The van der Waals surface area contributed by atoms with E-state index in [9.17, 15) is 4.79 Å². The highest BCUT2D eigenvalue weighted by Crippen LogP contribution is 2.20. The molecule has 1 heterocycles. The number of anilines is 1. The van der Waals surface area contributed by atoms with Crippen LogP contribution in [0.5, 0.6) is 0 Å². The summed E-state index contributed by atoms with van der Waals surface area (Å²) in [6.07, 6.45) is 0.334. The van der Waals surface area contributed by atoms with Crippen LogP contribution in [0.15, 0.2) is 18.2 Å². The van der Waals surface area contributed by atoms with Crippen molar-refractivity contribution in [3.63, 3.8) is 0 Å². The molecule has 1 aliphatic heterocycles. The maximum absolute atomic E-state index is 12.1. The first-order valence-corrected chi connectivity index (χ1v) is 7.25.